The molecule has 1 N–H and O–H groups in total. The summed E-state index contributed by atoms with van der Waals surface area (Å²) in [4.78, 5) is 17.1. The van der Waals surface area contributed by atoms with Crippen LogP contribution in [0.1, 0.15) is 38.5 Å². The topological polar surface area (TPSA) is 44.8 Å². The van der Waals surface area contributed by atoms with Crippen LogP contribution in [0.25, 0.3) is 0 Å². The Bertz CT molecular complexity index is 411. The smallest absolute Gasteiger partial charge is 0.317 e. The number of hydrogen-bond donors (Lipinski definition) is 1. The SMILES string of the molecule is O=C(NCC[C@H]1CCCO1)N1C[C@@H]2CN3CCCC[C@@H]3[C@@H]2C1. The molecule has 0 radical (unpaired) electrons. The Morgan fingerprint density at radius 3 is 2.95 bits per heavy atom. The fourth-order valence-electron chi connectivity index (χ4n) is 5.04. The molecule has 4 aliphatic rings. The van der Waals surface area contributed by atoms with Crippen LogP contribution in [-0.4, -0.2) is 67.3 Å². The van der Waals surface area contributed by atoms with Gasteiger partial charge in [-0.1, -0.05) is 6.42 Å². The van der Waals surface area contributed by atoms with E-state index in [1.807, 2.05) is 0 Å². The third kappa shape index (κ3) is 2.85. The predicted octanol–water partition coefficient (Wildman–Crippen LogP) is 1.68. The zero-order chi connectivity index (χ0) is 14.9. The van der Waals surface area contributed by atoms with E-state index in [1.54, 1.807) is 0 Å². The van der Waals surface area contributed by atoms with Crippen LogP contribution in [0.15, 0.2) is 0 Å². The minimum atomic E-state index is 0.148. The van der Waals surface area contributed by atoms with Gasteiger partial charge >= 0.3 is 6.03 Å². The van der Waals surface area contributed by atoms with E-state index in [0.29, 0.717) is 12.0 Å². The number of piperidine rings is 1. The lowest BCUT2D eigenvalue weighted by molar-refractivity contribution is 0.104. The maximum atomic E-state index is 12.4. The van der Waals surface area contributed by atoms with Crippen molar-refractivity contribution in [3.8, 4) is 0 Å². The Labute approximate surface area is 133 Å². The van der Waals surface area contributed by atoms with Crippen LogP contribution < -0.4 is 5.32 Å². The lowest BCUT2D eigenvalue weighted by Gasteiger charge is -2.33. The normalized spacial score (nSPS) is 38.1. The fraction of sp³-hybridized carbons (Fsp3) is 0.941. The Balaban J connectivity index is 1.23. The monoisotopic (exact) mass is 307 g/mol. The van der Waals surface area contributed by atoms with Crippen LogP contribution in [0.2, 0.25) is 0 Å². The summed E-state index contributed by atoms with van der Waals surface area (Å²) >= 11 is 0. The molecule has 0 aliphatic carbocycles. The van der Waals surface area contributed by atoms with Gasteiger partial charge in [-0.2, -0.15) is 0 Å². The van der Waals surface area contributed by atoms with E-state index in [2.05, 4.69) is 15.1 Å². The summed E-state index contributed by atoms with van der Waals surface area (Å²) in [5.41, 5.74) is 0. The molecular formula is C17H29N3O2. The molecule has 4 fully saturated rings. The second-order valence-electron chi connectivity index (χ2n) is 7.54. The first-order chi connectivity index (χ1) is 10.8. The first-order valence-corrected chi connectivity index (χ1v) is 9.19. The van der Waals surface area contributed by atoms with Gasteiger partial charge in [-0.05, 0) is 50.5 Å². The van der Waals surface area contributed by atoms with Crippen LogP contribution in [0, 0.1) is 11.8 Å². The quantitative estimate of drug-likeness (QED) is 0.863. The van der Waals surface area contributed by atoms with Gasteiger partial charge in [0.2, 0.25) is 0 Å². The van der Waals surface area contributed by atoms with Crippen molar-refractivity contribution in [1.82, 2.24) is 15.1 Å². The minimum absolute atomic E-state index is 0.148. The molecule has 4 aliphatic heterocycles. The Kier molecular flexibility index (Phi) is 4.27. The third-order valence-corrected chi connectivity index (χ3v) is 6.17. The van der Waals surface area contributed by atoms with Crippen molar-refractivity contribution in [1.29, 1.82) is 0 Å². The number of ether oxygens (including phenoxy) is 1. The molecule has 0 bridgehead atoms. The molecule has 4 rings (SSSR count). The summed E-state index contributed by atoms with van der Waals surface area (Å²) in [5.74, 6) is 1.44. The van der Waals surface area contributed by atoms with Gasteiger partial charge < -0.3 is 15.0 Å². The molecule has 0 aromatic carbocycles. The summed E-state index contributed by atoms with van der Waals surface area (Å²) in [5, 5.41) is 3.11. The van der Waals surface area contributed by atoms with Crippen molar-refractivity contribution in [2.45, 2.75) is 50.7 Å². The van der Waals surface area contributed by atoms with Gasteiger partial charge in [0.25, 0.3) is 0 Å². The Morgan fingerprint density at radius 1 is 1.14 bits per heavy atom. The largest absolute Gasteiger partial charge is 0.378 e. The summed E-state index contributed by atoms with van der Waals surface area (Å²) in [6.07, 6.45) is 7.74. The summed E-state index contributed by atoms with van der Waals surface area (Å²) in [6, 6.07) is 0.901. The zero-order valence-electron chi connectivity index (χ0n) is 13.5. The van der Waals surface area contributed by atoms with Crippen molar-refractivity contribution in [2.75, 3.05) is 39.3 Å². The number of nitrogens with zero attached hydrogens (tertiary/aromatic N) is 2. The fourth-order valence-corrected chi connectivity index (χ4v) is 5.04. The van der Waals surface area contributed by atoms with Crippen LogP contribution in [-0.2, 0) is 4.74 Å². The molecule has 0 unspecified atom stereocenters. The number of fused-ring (bicyclic) bond motifs is 3. The molecule has 5 nitrogen and oxygen atoms in total. The van der Waals surface area contributed by atoms with Gasteiger partial charge in [-0.25, -0.2) is 4.79 Å². The molecule has 4 atom stereocenters. The van der Waals surface area contributed by atoms with E-state index < -0.39 is 0 Å². The standard InChI is InChI=1S/C17H29N3O2/c21-17(18-7-6-14-4-3-9-22-14)20-11-13-10-19-8-2-1-5-16(19)15(13)12-20/h13-16H,1-12H2,(H,18,21)/t13-,14+,15+,16+/m0/s1. The molecule has 0 spiro atoms. The highest BCUT2D eigenvalue weighted by Gasteiger charge is 2.48. The van der Waals surface area contributed by atoms with Gasteiger partial charge in [0.1, 0.15) is 0 Å². The molecule has 22 heavy (non-hydrogen) atoms. The van der Waals surface area contributed by atoms with Crippen molar-refractivity contribution in [3.05, 3.63) is 0 Å². The number of carbonyl (C=O) groups is 1. The van der Waals surface area contributed by atoms with E-state index in [4.69, 9.17) is 4.74 Å². The van der Waals surface area contributed by atoms with Crippen LogP contribution in [0.4, 0.5) is 4.79 Å². The predicted molar refractivity (Wildman–Crippen MR) is 84.8 cm³/mol. The van der Waals surface area contributed by atoms with E-state index in [0.717, 1.165) is 51.0 Å². The van der Waals surface area contributed by atoms with Gasteiger partial charge in [0, 0.05) is 38.8 Å². The van der Waals surface area contributed by atoms with Gasteiger partial charge in [0.15, 0.2) is 0 Å². The van der Waals surface area contributed by atoms with Gasteiger partial charge in [0.05, 0.1) is 6.10 Å². The summed E-state index contributed by atoms with van der Waals surface area (Å²) in [6.45, 7) is 6.08. The highest BCUT2D eigenvalue weighted by Crippen LogP contribution is 2.40. The number of urea groups is 1. The summed E-state index contributed by atoms with van der Waals surface area (Å²) < 4.78 is 5.61. The van der Waals surface area contributed by atoms with E-state index in [9.17, 15) is 4.79 Å². The number of carbonyl (C=O) groups excluding carboxylic acids is 1. The molecule has 4 saturated heterocycles. The molecule has 124 valence electrons. The van der Waals surface area contributed by atoms with Crippen LogP contribution >= 0.6 is 0 Å². The maximum Gasteiger partial charge on any atom is 0.317 e. The first kappa shape index (κ1) is 14.8. The van der Waals surface area contributed by atoms with Crippen LogP contribution in [0.5, 0.6) is 0 Å². The highest BCUT2D eigenvalue weighted by atomic mass is 16.5. The van der Waals surface area contributed by atoms with E-state index in [1.165, 1.54) is 38.8 Å². The van der Waals surface area contributed by atoms with Crippen LogP contribution in [0.3, 0.4) is 0 Å². The van der Waals surface area contributed by atoms with E-state index in [-0.39, 0.29) is 6.03 Å². The molecule has 2 amide bonds. The van der Waals surface area contributed by atoms with E-state index >= 15 is 0 Å². The number of hydrogen-bond acceptors (Lipinski definition) is 3. The van der Waals surface area contributed by atoms with Gasteiger partial charge in [-0.3, -0.25) is 4.90 Å². The minimum Gasteiger partial charge on any atom is -0.378 e. The summed E-state index contributed by atoms with van der Waals surface area (Å²) in [7, 11) is 0. The highest BCUT2D eigenvalue weighted by molar-refractivity contribution is 5.74. The molecule has 4 heterocycles. The second kappa shape index (κ2) is 6.36. The molecule has 5 heteroatoms. The van der Waals surface area contributed by atoms with Crippen molar-refractivity contribution in [2.24, 2.45) is 11.8 Å². The average Bonchev–Trinajstić information content (AvgIpc) is 3.22. The lowest BCUT2D eigenvalue weighted by atomic mass is 9.90. The molecule has 0 saturated carbocycles. The first-order valence-electron chi connectivity index (χ1n) is 9.19. The molecular weight excluding hydrogens is 278 g/mol. The maximum absolute atomic E-state index is 12.4. The van der Waals surface area contributed by atoms with Crippen molar-refractivity contribution < 1.29 is 9.53 Å². The van der Waals surface area contributed by atoms with Gasteiger partial charge in [-0.15, -0.1) is 0 Å². The van der Waals surface area contributed by atoms with Crippen molar-refractivity contribution in [3.63, 3.8) is 0 Å². The Hall–Kier alpha value is -0.810. The van der Waals surface area contributed by atoms with Crippen molar-refractivity contribution >= 4 is 6.03 Å². The zero-order valence-corrected chi connectivity index (χ0v) is 13.5. The number of likely N-dealkylation sites (tertiary alicyclic amines) is 1. The molecule has 0 aromatic heterocycles. The molecule has 0 aromatic rings. The lowest BCUT2D eigenvalue weighted by Crippen LogP contribution is -2.44. The average molecular weight is 307 g/mol. The Morgan fingerprint density at radius 2 is 2.09 bits per heavy atom. The third-order valence-electron chi connectivity index (χ3n) is 6.17. The number of nitrogens with one attached hydrogen (secondary N) is 1. The second-order valence-corrected chi connectivity index (χ2v) is 7.54. The number of amides is 2. The number of rotatable bonds is 3.